The van der Waals surface area contributed by atoms with Gasteiger partial charge in [-0.25, -0.2) is 18.1 Å². The van der Waals surface area contributed by atoms with Crippen LogP contribution in [-0.4, -0.2) is 35.9 Å². The van der Waals surface area contributed by atoms with Gasteiger partial charge in [0, 0.05) is 23.7 Å². The second kappa shape index (κ2) is 6.61. The first-order valence-corrected chi connectivity index (χ1v) is 11.5. The molecule has 8 heteroatoms. The number of nitrogens with zero attached hydrogens (tertiary/aromatic N) is 1. The summed E-state index contributed by atoms with van der Waals surface area (Å²) in [6.45, 7) is 1.98. The Morgan fingerprint density at radius 3 is 2.69 bits per heavy atom. The average Bonchev–Trinajstić information content (AvgIpc) is 3.18. The van der Waals surface area contributed by atoms with Crippen molar-refractivity contribution >= 4 is 31.9 Å². The van der Waals surface area contributed by atoms with Crippen LogP contribution >= 0.6 is 0 Å². The van der Waals surface area contributed by atoms with Gasteiger partial charge in [-0.1, -0.05) is 12.1 Å². The molecule has 0 radical (unpaired) electrons. The number of aromatic nitrogens is 2. The van der Waals surface area contributed by atoms with Crippen molar-refractivity contribution < 1.29 is 12.6 Å². The zero-order chi connectivity index (χ0) is 18.3. The van der Waals surface area contributed by atoms with Crippen LogP contribution in [0.1, 0.15) is 12.1 Å². The Labute approximate surface area is 154 Å². The van der Waals surface area contributed by atoms with E-state index in [4.69, 9.17) is 0 Å². The van der Waals surface area contributed by atoms with Crippen LogP contribution in [-0.2, 0) is 25.0 Å². The van der Waals surface area contributed by atoms with Gasteiger partial charge in [0.05, 0.1) is 21.7 Å². The van der Waals surface area contributed by atoms with Crippen LogP contribution < -0.4 is 4.72 Å². The maximum absolute atomic E-state index is 12.5. The Hall–Kier alpha value is -2.03. The van der Waals surface area contributed by atoms with Crippen LogP contribution in [0.5, 0.6) is 0 Å². The molecular weight excluding hydrogens is 370 g/mol. The number of aromatic amines is 1. The minimum absolute atomic E-state index is 0.221. The van der Waals surface area contributed by atoms with Gasteiger partial charge in [-0.15, -0.1) is 4.21 Å². The molecule has 2 N–H and O–H groups in total. The normalized spacial score (nSPS) is 20.7. The highest BCUT2D eigenvalue weighted by molar-refractivity contribution is 7.89. The van der Waals surface area contributed by atoms with Gasteiger partial charge in [-0.05, 0) is 42.3 Å². The number of hydrogen-bond donors (Lipinski definition) is 2. The minimum atomic E-state index is -3.60. The molecule has 0 amide bonds. The number of thiol groups is 1. The summed E-state index contributed by atoms with van der Waals surface area (Å²) in [5.74, 6) is 1.02. The molecule has 2 unspecified atom stereocenters. The Bertz CT molecular complexity index is 1090. The SMILES string of the molecule is Cc1cc2c(-c3ccc(S(=O)(=O)NC4CC[SH+](=O)C4)cc3)ccnc2[nH]1. The smallest absolute Gasteiger partial charge is 0.240 e. The van der Waals surface area contributed by atoms with E-state index in [1.165, 1.54) is 0 Å². The lowest BCUT2D eigenvalue weighted by Crippen LogP contribution is -2.35. The van der Waals surface area contributed by atoms with E-state index >= 15 is 0 Å². The Kier molecular flexibility index (Phi) is 4.42. The highest BCUT2D eigenvalue weighted by Gasteiger charge is 2.30. The molecule has 136 valence electrons. The zero-order valence-electron chi connectivity index (χ0n) is 14.3. The van der Waals surface area contributed by atoms with Crippen LogP contribution in [0.4, 0.5) is 0 Å². The molecule has 2 atom stereocenters. The number of rotatable bonds is 4. The molecule has 3 heterocycles. The van der Waals surface area contributed by atoms with Gasteiger partial charge in [0.15, 0.2) is 0 Å². The van der Waals surface area contributed by atoms with Gasteiger partial charge in [0.1, 0.15) is 17.2 Å². The number of fused-ring (bicyclic) bond motifs is 1. The van der Waals surface area contributed by atoms with Crippen molar-refractivity contribution in [2.75, 3.05) is 11.5 Å². The van der Waals surface area contributed by atoms with Gasteiger partial charge in [0.2, 0.25) is 10.0 Å². The molecule has 3 aromatic rings. The first-order valence-electron chi connectivity index (χ1n) is 8.41. The van der Waals surface area contributed by atoms with Crippen LogP contribution in [0.15, 0.2) is 47.5 Å². The van der Waals surface area contributed by atoms with Crippen molar-refractivity contribution in [3.63, 3.8) is 0 Å². The molecule has 1 aliphatic rings. The second-order valence-corrected chi connectivity index (χ2v) is 10.1. The lowest BCUT2D eigenvalue weighted by Gasteiger charge is -2.11. The van der Waals surface area contributed by atoms with Gasteiger partial charge in [-0.2, -0.15) is 0 Å². The van der Waals surface area contributed by atoms with Gasteiger partial charge >= 0.3 is 0 Å². The minimum Gasteiger partial charge on any atom is -0.344 e. The lowest BCUT2D eigenvalue weighted by atomic mass is 10.0. The van der Waals surface area contributed by atoms with Crippen molar-refractivity contribution in [1.29, 1.82) is 0 Å². The summed E-state index contributed by atoms with van der Waals surface area (Å²) in [5, 5.41) is 1.01. The third kappa shape index (κ3) is 3.32. The van der Waals surface area contributed by atoms with E-state index in [0.717, 1.165) is 27.9 Å². The predicted octanol–water partition coefficient (Wildman–Crippen LogP) is 2.29. The molecular formula is C18H20N3O3S2+. The fourth-order valence-corrected chi connectivity index (χ4v) is 6.28. The maximum atomic E-state index is 12.5. The predicted molar refractivity (Wildman–Crippen MR) is 104 cm³/mol. The van der Waals surface area contributed by atoms with Crippen molar-refractivity contribution in [2.24, 2.45) is 0 Å². The van der Waals surface area contributed by atoms with E-state index in [9.17, 15) is 12.6 Å². The maximum Gasteiger partial charge on any atom is 0.240 e. The van der Waals surface area contributed by atoms with E-state index in [-0.39, 0.29) is 10.9 Å². The van der Waals surface area contributed by atoms with Crippen molar-refractivity contribution in [3.8, 4) is 11.1 Å². The Morgan fingerprint density at radius 1 is 1.23 bits per heavy atom. The summed E-state index contributed by atoms with van der Waals surface area (Å²) >= 11 is 0. The Morgan fingerprint density at radius 2 is 2.00 bits per heavy atom. The van der Waals surface area contributed by atoms with Crippen molar-refractivity contribution in [2.45, 2.75) is 24.3 Å². The lowest BCUT2D eigenvalue weighted by molar-refractivity contribution is 0.563. The molecule has 0 spiro atoms. The zero-order valence-corrected chi connectivity index (χ0v) is 16.0. The summed E-state index contributed by atoms with van der Waals surface area (Å²) in [4.78, 5) is 7.75. The highest BCUT2D eigenvalue weighted by atomic mass is 32.2. The van der Waals surface area contributed by atoms with E-state index in [1.807, 2.05) is 19.1 Å². The number of H-pyrrole nitrogens is 1. The fourth-order valence-electron chi connectivity index (χ4n) is 3.34. The number of nitrogens with one attached hydrogen (secondary N) is 2. The Balaban J connectivity index is 1.63. The third-order valence-electron chi connectivity index (χ3n) is 4.61. The number of aryl methyl sites for hydroxylation is 1. The summed E-state index contributed by atoms with van der Waals surface area (Å²) in [5.41, 5.74) is 3.77. The first-order chi connectivity index (χ1) is 12.4. The summed E-state index contributed by atoms with van der Waals surface area (Å²) in [6.07, 6.45) is 2.37. The van der Waals surface area contributed by atoms with E-state index in [0.29, 0.717) is 17.9 Å². The number of hydrogen-bond acceptors (Lipinski definition) is 4. The molecule has 2 aromatic heterocycles. The molecule has 6 nitrogen and oxygen atoms in total. The van der Waals surface area contributed by atoms with Crippen LogP contribution in [0.25, 0.3) is 22.2 Å². The standard InChI is InChI=1S/C18H19N3O3S2/c1-12-10-17-16(6-8-19-18(17)20-12)13-2-4-15(5-3-13)26(23,24)21-14-7-9-25(22)11-14/h2-6,8,10,14,21H,7,9,11H2,1H3,(H,19,20)/p+1. The van der Waals surface area contributed by atoms with E-state index < -0.39 is 20.8 Å². The van der Waals surface area contributed by atoms with Crippen LogP contribution in [0.2, 0.25) is 0 Å². The van der Waals surface area contributed by atoms with E-state index in [2.05, 4.69) is 14.7 Å². The van der Waals surface area contributed by atoms with Crippen molar-refractivity contribution in [1.82, 2.24) is 14.7 Å². The van der Waals surface area contributed by atoms with Gasteiger partial charge in [-0.3, -0.25) is 0 Å². The molecule has 4 rings (SSSR count). The summed E-state index contributed by atoms with van der Waals surface area (Å²) in [7, 11) is -4.86. The van der Waals surface area contributed by atoms with Crippen LogP contribution in [0.3, 0.4) is 0 Å². The molecule has 0 aliphatic carbocycles. The topological polar surface area (TPSA) is 91.9 Å². The summed E-state index contributed by atoms with van der Waals surface area (Å²) < 4.78 is 39.2. The quantitative estimate of drug-likeness (QED) is 0.528. The van der Waals surface area contributed by atoms with Gasteiger partial charge < -0.3 is 4.98 Å². The molecule has 1 aliphatic heterocycles. The van der Waals surface area contributed by atoms with E-state index in [1.54, 1.807) is 30.5 Å². The largest absolute Gasteiger partial charge is 0.344 e. The first kappa shape index (κ1) is 17.4. The highest BCUT2D eigenvalue weighted by Crippen LogP contribution is 2.28. The molecule has 1 aromatic carbocycles. The average molecular weight is 391 g/mol. The number of pyridine rings is 1. The monoisotopic (exact) mass is 390 g/mol. The summed E-state index contributed by atoms with van der Waals surface area (Å²) in [6, 6.07) is 10.6. The molecule has 0 bridgehead atoms. The molecule has 0 saturated carbocycles. The van der Waals surface area contributed by atoms with Gasteiger partial charge in [0.25, 0.3) is 0 Å². The number of sulfonamides is 1. The van der Waals surface area contributed by atoms with Crippen LogP contribution in [0, 0.1) is 6.92 Å². The molecule has 1 saturated heterocycles. The fraction of sp³-hybridized carbons (Fsp3) is 0.278. The second-order valence-electron chi connectivity index (χ2n) is 6.59. The number of benzene rings is 1. The van der Waals surface area contributed by atoms with Crippen molar-refractivity contribution in [3.05, 3.63) is 48.3 Å². The molecule has 1 fully saturated rings. The molecule has 26 heavy (non-hydrogen) atoms. The third-order valence-corrected chi connectivity index (χ3v) is 7.76.